The Balaban J connectivity index is 2.25. The largest absolute Gasteiger partial charge is 0.457 e. The zero-order chi connectivity index (χ0) is 18.1. The van der Waals surface area contributed by atoms with Crippen molar-refractivity contribution in [2.75, 3.05) is 18.0 Å². The average Bonchev–Trinajstić information content (AvgIpc) is 2.62. The number of esters is 1. The average molecular weight is 341 g/mol. The van der Waals surface area contributed by atoms with Crippen molar-refractivity contribution < 1.29 is 14.3 Å². The molecule has 0 radical (unpaired) electrons. The van der Waals surface area contributed by atoms with E-state index in [0.717, 1.165) is 0 Å². The molecular formula is C17H19N5O3. The highest BCUT2D eigenvalue weighted by molar-refractivity contribution is 5.71. The molecule has 0 unspecified atom stereocenters. The second-order valence-electron chi connectivity index (χ2n) is 4.92. The fraction of sp³-hybridized carbons (Fsp3) is 0.353. The topological polar surface area (TPSA) is 101 Å². The molecule has 0 aliphatic carbocycles. The molecule has 0 bridgehead atoms. The molecule has 8 heteroatoms. The summed E-state index contributed by atoms with van der Waals surface area (Å²) >= 11 is 0. The van der Waals surface area contributed by atoms with E-state index < -0.39 is 5.97 Å². The zero-order valence-electron chi connectivity index (χ0n) is 14.2. The van der Waals surface area contributed by atoms with Crippen LogP contribution in [0.25, 0.3) is 0 Å². The van der Waals surface area contributed by atoms with Gasteiger partial charge in [0.15, 0.2) is 12.4 Å². The molecule has 8 nitrogen and oxygen atoms in total. The summed E-state index contributed by atoms with van der Waals surface area (Å²) in [6, 6.07) is 11.0. The quantitative estimate of drug-likeness (QED) is 0.675. The summed E-state index contributed by atoms with van der Waals surface area (Å²) in [5, 5.41) is 8.50. The van der Waals surface area contributed by atoms with Crippen molar-refractivity contribution in [2.45, 2.75) is 26.9 Å². The first-order valence-electron chi connectivity index (χ1n) is 7.91. The minimum atomic E-state index is -0.627. The van der Waals surface area contributed by atoms with Gasteiger partial charge in [-0.15, -0.1) is 0 Å². The lowest BCUT2D eigenvalue weighted by Crippen LogP contribution is -2.25. The van der Waals surface area contributed by atoms with E-state index in [-0.39, 0.29) is 24.9 Å². The maximum absolute atomic E-state index is 11.4. The van der Waals surface area contributed by atoms with Crippen LogP contribution < -0.4 is 9.64 Å². The molecule has 130 valence electrons. The molecule has 25 heavy (non-hydrogen) atoms. The van der Waals surface area contributed by atoms with E-state index in [1.807, 2.05) is 36.9 Å². The summed E-state index contributed by atoms with van der Waals surface area (Å²) in [5.41, 5.74) is 0. The molecule has 0 amide bonds. The predicted molar refractivity (Wildman–Crippen MR) is 89.9 cm³/mol. The van der Waals surface area contributed by atoms with Gasteiger partial charge < -0.3 is 14.4 Å². The second kappa shape index (κ2) is 9.17. The number of benzene rings is 1. The first kappa shape index (κ1) is 18.1. The Morgan fingerprint density at radius 2 is 1.88 bits per heavy atom. The number of nitrogens with zero attached hydrogens (tertiary/aromatic N) is 5. The van der Waals surface area contributed by atoms with E-state index in [1.54, 1.807) is 18.2 Å². The number of nitriles is 1. The fourth-order valence-corrected chi connectivity index (χ4v) is 2.00. The van der Waals surface area contributed by atoms with Crippen LogP contribution in [-0.4, -0.2) is 34.0 Å². The molecule has 2 rings (SSSR count). The Kier molecular flexibility index (Phi) is 6.65. The standard InChI is InChI=1S/C17H19N5O3/c1-3-22(4-2)16-19-14(12-24-15(23)10-11-18)20-17(21-16)25-13-8-6-5-7-9-13/h5-9H,3-4,10,12H2,1-2H3. The van der Waals surface area contributed by atoms with Crippen LogP contribution in [0.5, 0.6) is 11.8 Å². The third kappa shape index (κ3) is 5.42. The second-order valence-corrected chi connectivity index (χ2v) is 4.92. The van der Waals surface area contributed by atoms with Gasteiger partial charge in [0.05, 0.1) is 6.07 Å². The molecule has 2 aromatic rings. The van der Waals surface area contributed by atoms with Crippen LogP contribution in [0.2, 0.25) is 0 Å². The number of rotatable bonds is 8. The molecule has 1 heterocycles. The minimum Gasteiger partial charge on any atom is -0.457 e. The van der Waals surface area contributed by atoms with Crippen LogP contribution in [0.3, 0.4) is 0 Å². The number of hydrogen-bond donors (Lipinski definition) is 0. The summed E-state index contributed by atoms with van der Waals surface area (Å²) in [4.78, 5) is 26.1. The van der Waals surface area contributed by atoms with Crippen molar-refractivity contribution in [3.63, 3.8) is 0 Å². The minimum absolute atomic E-state index is 0.120. The van der Waals surface area contributed by atoms with Gasteiger partial charge in [-0.1, -0.05) is 18.2 Å². The Morgan fingerprint density at radius 1 is 1.16 bits per heavy atom. The van der Waals surface area contributed by atoms with Crippen molar-refractivity contribution in [3.05, 3.63) is 36.2 Å². The van der Waals surface area contributed by atoms with Crippen molar-refractivity contribution in [2.24, 2.45) is 0 Å². The molecule has 1 aromatic heterocycles. The van der Waals surface area contributed by atoms with Crippen LogP contribution in [0.1, 0.15) is 26.1 Å². The molecule has 0 aliphatic rings. The van der Waals surface area contributed by atoms with E-state index in [2.05, 4.69) is 15.0 Å². The number of carbonyl (C=O) groups excluding carboxylic acids is 1. The van der Waals surface area contributed by atoms with Gasteiger partial charge in [0.1, 0.15) is 12.2 Å². The lowest BCUT2D eigenvalue weighted by molar-refractivity contribution is -0.143. The number of hydrogen-bond acceptors (Lipinski definition) is 8. The number of aromatic nitrogens is 3. The van der Waals surface area contributed by atoms with Gasteiger partial charge in [0, 0.05) is 13.1 Å². The maximum Gasteiger partial charge on any atom is 0.327 e. The maximum atomic E-state index is 11.4. The molecule has 1 aromatic carbocycles. The number of para-hydroxylation sites is 1. The lowest BCUT2D eigenvalue weighted by Gasteiger charge is -2.19. The van der Waals surface area contributed by atoms with Crippen LogP contribution in [-0.2, 0) is 16.1 Å². The van der Waals surface area contributed by atoms with Crippen molar-refractivity contribution in [1.82, 2.24) is 15.0 Å². The zero-order valence-corrected chi connectivity index (χ0v) is 14.2. The van der Waals surface area contributed by atoms with Crippen LogP contribution in [0.15, 0.2) is 30.3 Å². The number of carbonyl (C=O) groups is 1. The van der Waals surface area contributed by atoms with E-state index in [4.69, 9.17) is 14.7 Å². The highest BCUT2D eigenvalue weighted by atomic mass is 16.5. The summed E-state index contributed by atoms with van der Waals surface area (Å²) in [6.45, 7) is 5.23. The number of ether oxygens (including phenoxy) is 2. The highest BCUT2D eigenvalue weighted by Gasteiger charge is 2.14. The van der Waals surface area contributed by atoms with Crippen molar-refractivity contribution in [3.8, 4) is 17.8 Å². The molecule has 0 spiro atoms. The van der Waals surface area contributed by atoms with Gasteiger partial charge in [-0.3, -0.25) is 4.79 Å². The van der Waals surface area contributed by atoms with Crippen molar-refractivity contribution >= 4 is 11.9 Å². The fourth-order valence-electron chi connectivity index (χ4n) is 2.00. The van der Waals surface area contributed by atoms with Gasteiger partial charge in [0.25, 0.3) is 0 Å². The molecular weight excluding hydrogens is 322 g/mol. The third-order valence-electron chi connectivity index (χ3n) is 3.23. The van der Waals surface area contributed by atoms with Gasteiger partial charge in [-0.2, -0.15) is 20.2 Å². The van der Waals surface area contributed by atoms with Gasteiger partial charge in [-0.25, -0.2) is 0 Å². The first-order chi connectivity index (χ1) is 12.2. The van der Waals surface area contributed by atoms with Crippen LogP contribution >= 0.6 is 0 Å². The molecule has 0 fully saturated rings. The molecule has 0 saturated carbocycles. The molecule has 0 aliphatic heterocycles. The van der Waals surface area contributed by atoms with E-state index in [9.17, 15) is 4.79 Å². The molecule has 0 saturated heterocycles. The summed E-state index contributed by atoms with van der Waals surface area (Å²) in [6.07, 6.45) is -0.318. The molecule has 0 N–H and O–H groups in total. The Hall–Kier alpha value is -3.21. The van der Waals surface area contributed by atoms with Gasteiger partial charge in [0.2, 0.25) is 5.95 Å². The third-order valence-corrected chi connectivity index (χ3v) is 3.23. The summed E-state index contributed by atoms with van der Waals surface area (Å²) in [5.74, 6) is 0.663. The van der Waals surface area contributed by atoms with E-state index >= 15 is 0 Å². The van der Waals surface area contributed by atoms with E-state index in [1.165, 1.54) is 0 Å². The lowest BCUT2D eigenvalue weighted by atomic mass is 10.3. The molecule has 0 atom stereocenters. The first-order valence-corrected chi connectivity index (χ1v) is 7.91. The smallest absolute Gasteiger partial charge is 0.327 e. The Bertz CT molecular complexity index is 742. The highest BCUT2D eigenvalue weighted by Crippen LogP contribution is 2.19. The SMILES string of the molecule is CCN(CC)c1nc(COC(=O)CC#N)nc(Oc2ccccc2)n1. The Labute approximate surface area is 146 Å². The monoisotopic (exact) mass is 341 g/mol. The van der Waals surface area contributed by atoms with Crippen LogP contribution in [0, 0.1) is 11.3 Å². The normalized spacial score (nSPS) is 9.96. The summed E-state index contributed by atoms with van der Waals surface area (Å²) in [7, 11) is 0. The van der Waals surface area contributed by atoms with Crippen LogP contribution in [0.4, 0.5) is 5.95 Å². The van der Waals surface area contributed by atoms with E-state index in [0.29, 0.717) is 24.8 Å². The summed E-state index contributed by atoms with van der Waals surface area (Å²) < 4.78 is 10.7. The predicted octanol–water partition coefficient (Wildman–Crippen LogP) is 2.47. The van der Waals surface area contributed by atoms with Gasteiger partial charge in [-0.05, 0) is 26.0 Å². The van der Waals surface area contributed by atoms with Crippen molar-refractivity contribution in [1.29, 1.82) is 5.26 Å². The number of anilines is 1. The Morgan fingerprint density at radius 3 is 2.52 bits per heavy atom. The van der Waals surface area contributed by atoms with Gasteiger partial charge >= 0.3 is 12.0 Å².